The molecule has 2 aliphatic heterocycles. The van der Waals surface area contributed by atoms with Crippen LogP contribution in [0, 0.1) is 5.92 Å². The first-order valence-corrected chi connectivity index (χ1v) is 13.1. The van der Waals surface area contributed by atoms with Crippen LogP contribution >= 0.6 is 23.8 Å². The quantitative estimate of drug-likeness (QED) is 0.460. The third kappa shape index (κ3) is 6.20. The highest BCUT2D eigenvalue weighted by atomic mass is 35.5. The van der Waals surface area contributed by atoms with Gasteiger partial charge in [-0.25, -0.2) is 0 Å². The summed E-state index contributed by atoms with van der Waals surface area (Å²) in [6, 6.07) is 7.14. The van der Waals surface area contributed by atoms with Gasteiger partial charge >= 0.3 is 0 Å². The number of halogens is 1. The first-order chi connectivity index (χ1) is 18.1. The third-order valence-electron chi connectivity index (χ3n) is 6.40. The monoisotopic (exact) mass is 560 g/mol. The van der Waals surface area contributed by atoms with Crippen LogP contribution in [-0.2, 0) is 14.3 Å². The molecule has 2 aliphatic rings. The molecule has 2 aromatic rings. The summed E-state index contributed by atoms with van der Waals surface area (Å²) in [5, 5.41) is 6.52. The topological polar surface area (TPSA) is 94.2 Å². The molecular formula is C27H33ClN4O5S. The number of nitrogens with zero attached hydrogens (tertiary/aromatic N) is 2. The predicted molar refractivity (Wildman–Crippen MR) is 151 cm³/mol. The number of pyridine rings is 1. The van der Waals surface area contributed by atoms with Gasteiger partial charge in [-0.05, 0) is 32.0 Å². The number of benzene rings is 1. The Balaban J connectivity index is 1.61. The fraction of sp³-hybridized carbons (Fsp3) is 0.444. The molecule has 1 saturated heterocycles. The molecule has 1 aromatic heterocycles. The second-order valence-corrected chi connectivity index (χ2v) is 10.7. The maximum absolute atomic E-state index is 13.2. The summed E-state index contributed by atoms with van der Waals surface area (Å²) in [6.07, 6.45) is 3.14. The Labute approximate surface area is 233 Å². The predicted octanol–water partition coefficient (Wildman–Crippen LogP) is 4.21. The summed E-state index contributed by atoms with van der Waals surface area (Å²) in [6.45, 7) is 7.72. The molecule has 38 heavy (non-hydrogen) atoms. The molecule has 0 radical (unpaired) electrons. The summed E-state index contributed by atoms with van der Waals surface area (Å²) in [5.74, 6) is 0.699. The van der Waals surface area contributed by atoms with Crippen molar-refractivity contribution in [2.45, 2.75) is 32.5 Å². The number of anilines is 2. The van der Waals surface area contributed by atoms with Crippen molar-refractivity contribution < 1.29 is 23.7 Å². The maximum atomic E-state index is 13.2. The Hall–Kier alpha value is -2.92. The standard InChI is InChI=1S/C27H33ClN4O5S/c1-16-11-30-25(33)22(26(38)31-19-8-6-7-18(28)24(19)34-5)23(16)32(4)20-9-10-29-12-21(20)35-13-17-14-37-27(2,3)15-36-17/h6-10,12,16-17H,11,13-15H2,1-5H3,(H,30,33)(H,31,38). The van der Waals surface area contributed by atoms with Gasteiger partial charge in [0.1, 0.15) is 17.7 Å². The summed E-state index contributed by atoms with van der Waals surface area (Å²) in [5.41, 5.74) is 2.11. The van der Waals surface area contributed by atoms with Crippen molar-refractivity contribution >= 4 is 46.1 Å². The van der Waals surface area contributed by atoms with Crippen LogP contribution in [0.3, 0.4) is 0 Å². The fourth-order valence-electron chi connectivity index (χ4n) is 4.41. The number of rotatable bonds is 8. The first-order valence-electron chi connectivity index (χ1n) is 12.3. The highest BCUT2D eigenvalue weighted by molar-refractivity contribution is 7.81. The van der Waals surface area contributed by atoms with Crippen molar-refractivity contribution in [2.75, 3.05) is 50.7 Å². The Morgan fingerprint density at radius 2 is 2.16 bits per heavy atom. The Bertz CT molecular complexity index is 1230. The number of nitrogens with one attached hydrogen (secondary N) is 2. The van der Waals surface area contributed by atoms with E-state index in [4.69, 9.17) is 42.8 Å². The molecule has 3 heterocycles. The number of carbonyl (C=O) groups excluding carboxylic acids is 1. The highest BCUT2D eigenvalue weighted by Gasteiger charge is 2.33. The lowest BCUT2D eigenvalue weighted by molar-refractivity contribution is -0.181. The van der Waals surface area contributed by atoms with E-state index in [1.54, 1.807) is 30.6 Å². The van der Waals surface area contributed by atoms with Gasteiger partial charge in [0.2, 0.25) is 0 Å². The van der Waals surface area contributed by atoms with Gasteiger partial charge in [0.15, 0.2) is 11.5 Å². The largest absolute Gasteiger partial charge is 0.493 e. The van der Waals surface area contributed by atoms with Crippen molar-refractivity contribution in [3.8, 4) is 11.5 Å². The minimum absolute atomic E-state index is 0.0352. The SMILES string of the molecule is COc1c(Cl)cccc1NC(=S)C1=C(N(C)c2ccncc2OCC2COC(C)(C)CO2)C(C)CNC1=O. The maximum Gasteiger partial charge on any atom is 0.256 e. The van der Waals surface area contributed by atoms with Crippen LogP contribution in [-0.4, -0.2) is 68.1 Å². The van der Waals surface area contributed by atoms with E-state index in [-0.39, 0.29) is 28.5 Å². The number of para-hydroxylation sites is 1. The number of ether oxygens (including phenoxy) is 4. The molecular weight excluding hydrogens is 528 g/mol. The lowest BCUT2D eigenvalue weighted by atomic mass is 9.95. The molecule has 2 N–H and O–H groups in total. The highest BCUT2D eigenvalue weighted by Crippen LogP contribution is 2.36. The van der Waals surface area contributed by atoms with Gasteiger partial charge in [-0.3, -0.25) is 9.78 Å². The zero-order valence-electron chi connectivity index (χ0n) is 22.2. The van der Waals surface area contributed by atoms with Crippen molar-refractivity contribution in [2.24, 2.45) is 5.92 Å². The van der Waals surface area contributed by atoms with Crippen LogP contribution in [0.4, 0.5) is 11.4 Å². The van der Waals surface area contributed by atoms with Crippen molar-refractivity contribution in [1.29, 1.82) is 0 Å². The molecule has 0 saturated carbocycles. The van der Waals surface area contributed by atoms with Crippen LogP contribution in [0.15, 0.2) is 47.9 Å². The molecule has 1 aromatic carbocycles. The number of carbonyl (C=O) groups is 1. The van der Waals surface area contributed by atoms with Crippen molar-refractivity contribution in [3.05, 3.63) is 53.0 Å². The van der Waals surface area contributed by atoms with Crippen LogP contribution in [0.2, 0.25) is 5.02 Å². The second-order valence-electron chi connectivity index (χ2n) is 9.86. The number of aromatic nitrogens is 1. The lowest BCUT2D eigenvalue weighted by Crippen LogP contribution is -2.45. The van der Waals surface area contributed by atoms with Gasteiger partial charge in [0, 0.05) is 31.4 Å². The minimum Gasteiger partial charge on any atom is -0.493 e. The minimum atomic E-state index is -0.307. The Kier molecular flexibility index (Phi) is 8.77. The van der Waals surface area contributed by atoms with Gasteiger partial charge in [0.25, 0.3) is 5.91 Å². The first kappa shape index (κ1) is 28.1. The van der Waals surface area contributed by atoms with Gasteiger partial charge in [-0.15, -0.1) is 0 Å². The van der Waals surface area contributed by atoms with Crippen molar-refractivity contribution in [3.63, 3.8) is 0 Å². The van der Waals surface area contributed by atoms with Crippen molar-refractivity contribution in [1.82, 2.24) is 10.3 Å². The van der Waals surface area contributed by atoms with E-state index < -0.39 is 0 Å². The van der Waals surface area contributed by atoms with E-state index in [1.165, 1.54) is 7.11 Å². The van der Waals surface area contributed by atoms with Crippen LogP contribution in [0.25, 0.3) is 0 Å². The van der Waals surface area contributed by atoms with Crippen LogP contribution in [0.1, 0.15) is 20.8 Å². The number of thiocarbonyl (C=S) groups is 1. The number of hydrogen-bond donors (Lipinski definition) is 2. The summed E-state index contributed by atoms with van der Waals surface area (Å²) < 4.78 is 23.3. The molecule has 0 bridgehead atoms. The molecule has 9 nitrogen and oxygen atoms in total. The van der Waals surface area contributed by atoms with E-state index >= 15 is 0 Å². The van der Waals surface area contributed by atoms with E-state index in [0.29, 0.717) is 54.1 Å². The molecule has 1 fully saturated rings. The number of amides is 1. The van der Waals surface area contributed by atoms with Gasteiger partial charge < -0.3 is 34.5 Å². The number of hydrogen-bond acceptors (Lipinski definition) is 8. The molecule has 2 unspecified atom stereocenters. The second kappa shape index (κ2) is 11.9. The summed E-state index contributed by atoms with van der Waals surface area (Å²) in [4.78, 5) is 19.6. The average molecular weight is 561 g/mol. The lowest BCUT2D eigenvalue weighted by Gasteiger charge is -2.36. The smallest absolute Gasteiger partial charge is 0.256 e. The zero-order valence-corrected chi connectivity index (χ0v) is 23.7. The van der Waals surface area contributed by atoms with Gasteiger partial charge in [0.05, 0.1) is 54.1 Å². The number of methoxy groups -OCH3 is 1. The Morgan fingerprint density at radius 1 is 1.37 bits per heavy atom. The third-order valence-corrected chi connectivity index (χ3v) is 7.01. The van der Waals surface area contributed by atoms with Crippen LogP contribution < -0.4 is 25.0 Å². The molecule has 204 valence electrons. The summed E-state index contributed by atoms with van der Waals surface area (Å²) in [7, 11) is 3.41. The molecule has 1 amide bonds. The molecule has 11 heteroatoms. The molecule has 2 atom stereocenters. The van der Waals surface area contributed by atoms with Gasteiger partial charge in [-0.1, -0.05) is 36.8 Å². The zero-order chi connectivity index (χ0) is 27.4. The molecule has 0 aliphatic carbocycles. The van der Waals surface area contributed by atoms with Gasteiger partial charge in [-0.2, -0.15) is 0 Å². The average Bonchev–Trinajstić information content (AvgIpc) is 2.89. The van der Waals surface area contributed by atoms with E-state index in [9.17, 15) is 4.79 Å². The van der Waals surface area contributed by atoms with E-state index in [2.05, 4.69) is 15.6 Å². The fourth-order valence-corrected chi connectivity index (χ4v) is 4.97. The molecule has 4 rings (SSSR count). The Morgan fingerprint density at radius 3 is 2.87 bits per heavy atom. The van der Waals surface area contributed by atoms with E-state index in [1.807, 2.05) is 38.8 Å². The normalized spacial score (nSPS) is 20.9. The van der Waals surface area contributed by atoms with E-state index in [0.717, 1.165) is 11.4 Å². The summed E-state index contributed by atoms with van der Waals surface area (Å²) >= 11 is 12.0. The molecule has 0 spiro atoms. The van der Waals surface area contributed by atoms with Crippen LogP contribution in [0.5, 0.6) is 11.5 Å².